The molecule has 0 aliphatic carbocycles. The van der Waals surface area contributed by atoms with Crippen molar-refractivity contribution < 1.29 is 9.90 Å². The van der Waals surface area contributed by atoms with Gasteiger partial charge in [0.25, 0.3) is 5.97 Å². The molecule has 17 heavy (non-hydrogen) atoms. The van der Waals surface area contributed by atoms with Crippen LogP contribution in [0.25, 0.3) is 0 Å². The van der Waals surface area contributed by atoms with E-state index in [-0.39, 0.29) is 5.92 Å². The number of carboxylic acids is 1. The molecule has 0 heterocycles. The number of hydrogen-bond acceptors (Lipinski definition) is 2. The van der Waals surface area contributed by atoms with Gasteiger partial charge in [-0.1, -0.05) is 37.3 Å². The van der Waals surface area contributed by atoms with E-state index in [9.17, 15) is 0 Å². The van der Waals surface area contributed by atoms with Crippen molar-refractivity contribution in [3.05, 3.63) is 35.9 Å². The van der Waals surface area contributed by atoms with Gasteiger partial charge in [-0.05, 0) is 18.4 Å². The van der Waals surface area contributed by atoms with Crippen LogP contribution >= 0.6 is 0 Å². The Morgan fingerprint density at radius 1 is 1.41 bits per heavy atom. The van der Waals surface area contributed by atoms with Crippen molar-refractivity contribution in [1.82, 2.24) is 0 Å². The normalized spacial score (nSPS) is 10.9. The van der Waals surface area contributed by atoms with Crippen LogP contribution < -0.4 is 5.73 Å². The van der Waals surface area contributed by atoms with E-state index < -0.39 is 5.97 Å². The Hall–Kier alpha value is -1.84. The summed E-state index contributed by atoms with van der Waals surface area (Å²) in [5.41, 5.74) is 6.73. The largest absolute Gasteiger partial charge is 0.481 e. The molecule has 0 radical (unpaired) electrons. The lowest BCUT2D eigenvalue weighted by Gasteiger charge is -2.12. The fraction of sp³-hybridized carbons (Fsp3) is 0.385. The average Bonchev–Trinajstić information content (AvgIpc) is 2.26. The smallest absolute Gasteiger partial charge is 0.300 e. The summed E-state index contributed by atoms with van der Waals surface area (Å²) in [4.78, 5) is 9.00. The van der Waals surface area contributed by atoms with Crippen molar-refractivity contribution in [3.8, 4) is 0 Å². The highest BCUT2D eigenvalue weighted by Crippen LogP contribution is 2.11. The fourth-order valence-electron chi connectivity index (χ4n) is 1.37. The Morgan fingerprint density at radius 2 is 1.88 bits per heavy atom. The number of hydrogen-bond donors (Lipinski definition) is 3. The molecule has 0 saturated heterocycles. The molecular formula is C13H20N2O2. The first kappa shape index (κ1) is 15.2. The molecule has 0 fully saturated rings. The Morgan fingerprint density at radius 3 is 2.24 bits per heavy atom. The minimum atomic E-state index is -0.833. The van der Waals surface area contributed by atoms with Crippen LogP contribution in [0.3, 0.4) is 0 Å². The van der Waals surface area contributed by atoms with Gasteiger partial charge in [-0.2, -0.15) is 0 Å². The number of amidine groups is 1. The number of nitrogens with two attached hydrogens (primary N) is 1. The Labute approximate surface area is 102 Å². The van der Waals surface area contributed by atoms with Gasteiger partial charge in [0, 0.05) is 12.8 Å². The van der Waals surface area contributed by atoms with Crippen LogP contribution in [0.4, 0.5) is 0 Å². The first-order valence-electron chi connectivity index (χ1n) is 5.54. The monoisotopic (exact) mass is 236 g/mol. The highest BCUT2D eigenvalue weighted by atomic mass is 16.4. The summed E-state index contributed by atoms with van der Waals surface area (Å²) >= 11 is 0. The number of benzene rings is 1. The zero-order valence-electron chi connectivity index (χ0n) is 10.3. The van der Waals surface area contributed by atoms with Crippen LogP contribution in [0.2, 0.25) is 0 Å². The first-order valence-corrected chi connectivity index (χ1v) is 5.54. The summed E-state index contributed by atoms with van der Waals surface area (Å²) in [6.07, 6.45) is 1.82. The molecule has 1 aromatic rings. The fourth-order valence-corrected chi connectivity index (χ4v) is 1.37. The summed E-state index contributed by atoms with van der Waals surface area (Å²) in [6, 6.07) is 10.2. The van der Waals surface area contributed by atoms with Crippen molar-refractivity contribution in [2.75, 3.05) is 0 Å². The maximum absolute atomic E-state index is 9.00. The number of carboxylic acid groups (broad SMARTS) is 1. The topological polar surface area (TPSA) is 87.2 Å². The predicted molar refractivity (Wildman–Crippen MR) is 69.2 cm³/mol. The molecule has 94 valence electrons. The third kappa shape index (κ3) is 8.02. The predicted octanol–water partition coefficient (Wildman–Crippen LogP) is 2.28. The van der Waals surface area contributed by atoms with E-state index in [0.29, 0.717) is 5.84 Å². The van der Waals surface area contributed by atoms with E-state index in [1.165, 1.54) is 5.56 Å². The molecule has 0 amide bonds. The zero-order chi connectivity index (χ0) is 13.3. The molecule has 1 aromatic carbocycles. The molecule has 1 atom stereocenters. The van der Waals surface area contributed by atoms with Crippen molar-refractivity contribution >= 4 is 11.8 Å². The number of rotatable bonds is 4. The molecule has 4 N–H and O–H groups in total. The van der Waals surface area contributed by atoms with Gasteiger partial charge in [-0.15, -0.1) is 0 Å². The molecule has 1 unspecified atom stereocenters. The summed E-state index contributed by atoms with van der Waals surface area (Å²) in [7, 11) is 0. The quantitative estimate of drug-likeness (QED) is 0.553. The molecule has 4 nitrogen and oxygen atoms in total. The molecule has 0 aliphatic rings. The Balaban J connectivity index is 0.000000557. The van der Waals surface area contributed by atoms with Gasteiger partial charge in [0.05, 0.1) is 5.84 Å². The summed E-state index contributed by atoms with van der Waals surface area (Å²) < 4.78 is 0. The summed E-state index contributed by atoms with van der Waals surface area (Å²) in [5.74, 6) is -0.339. The average molecular weight is 236 g/mol. The van der Waals surface area contributed by atoms with Crippen LogP contribution in [0, 0.1) is 11.3 Å². The van der Waals surface area contributed by atoms with Gasteiger partial charge in [0.1, 0.15) is 0 Å². The second-order valence-corrected chi connectivity index (χ2v) is 3.77. The van der Waals surface area contributed by atoms with Crippen LogP contribution in [0.1, 0.15) is 25.8 Å². The SMILES string of the molecule is CC(=O)O.CCC(Cc1ccccc1)C(=N)N. The molecule has 1 rings (SSSR count). The van der Waals surface area contributed by atoms with E-state index in [4.69, 9.17) is 21.0 Å². The van der Waals surface area contributed by atoms with Gasteiger partial charge in [0.2, 0.25) is 0 Å². The van der Waals surface area contributed by atoms with Crippen LogP contribution in [0.5, 0.6) is 0 Å². The number of nitrogens with one attached hydrogen (secondary N) is 1. The van der Waals surface area contributed by atoms with Crippen molar-refractivity contribution in [2.45, 2.75) is 26.7 Å². The van der Waals surface area contributed by atoms with Crippen molar-refractivity contribution in [2.24, 2.45) is 11.7 Å². The second kappa shape index (κ2) is 8.33. The van der Waals surface area contributed by atoms with Gasteiger partial charge >= 0.3 is 0 Å². The molecule has 0 bridgehead atoms. The van der Waals surface area contributed by atoms with E-state index in [1.807, 2.05) is 18.2 Å². The second-order valence-electron chi connectivity index (χ2n) is 3.77. The van der Waals surface area contributed by atoms with E-state index in [1.54, 1.807) is 0 Å². The van der Waals surface area contributed by atoms with Crippen LogP contribution in [-0.2, 0) is 11.2 Å². The number of carbonyl (C=O) groups is 1. The summed E-state index contributed by atoms with van der Waals surface area (Å²) in [6.45, 7) is 3.15. The lowest BCUT2D eigenvalue weighted by atomic mass is 9.96. The minimum Gasteiger partial charge on any atom is -0.481 e. The molecule has 0 aliphatic heterocycles. The zero-order valence-corrected chi connectivity index (χ0v) is 10.3. The van der Waals surface area contributed by atoms with Gasteiger partial charge in [-0.3, -0.25) is 10.2 Å². The van der Waals surface area contributed by atoms with E-state index in [0.717, 1.165) is 19.8 Å². The molecule has 4 heteroatoms. The van der Waals surface area contributed by atoms with Gasteiger partial charge < -0.3 is 10.8 Å². The third-order valence-corrected chi connectivity index (χ3v) is 2.26. The highest BCUT2D eigenvalue weighted by Gasteiger charge is 2.09. The molecule has 0 saturated carbocycles. The lowest BCUT2D eigenvalue weighted by Crippen LogP contribution is -2.23. The lowest BCUT2D eigenvalue weighted by molar-refractivity contribution is -0.134. The van der Waals surface area contributed by atoms with Crippen LogP contribution in [-0.4, -0.2) is 16.9 Å². The van der Waals surface area contributed by atoms with Gasteiger partial charge in [-0.25, -0.2) is 0 Å². The van der Waals surface area contributed by atoms with Gasteiger partial charge in [0.15, 0.2) is 0 Å². The van der Waals surface area contributed by atoms with Crippen molar-refractivity contribution in [3.63, 3.8) is 0 Å². The standard InChI is InChI=1S/C11H16N2.C2H4O2/c1-2-10(11(12)13)8-9-6-4-3-5-7-9;1-2(3)4/h3-7,10H,2,8H2,1H3,(H3,12,13);1H3,(H,3,4). The maximum atomic E-state index is 9.00. The molecular weight excluding hydrogens is 216 g/mol. The molecule has 0 spiro atoms. The Bertz CT molecular complexity index is 346. The molecule has 0 aromatic heterocycles. The van der Waals surface area contributed by atoms with E-state index >= 15 is 0 Å². The third-order valence-electron chi connectivity index (χ3n) is 2.26. The minimum absolute atomic E-state index is 0.197. The highest BCUT2D eigenvalue weighted by molar-refractivity contribution is 5.79. The van der Waals surface area contributed by atoms with Crippen molar-refractivity contribution in [1.29, 1.82) is 5.41 Å². The summed E-state index contributed by atoms with van der Waals surface area (Å²) in [5, 5.41) is 14.8. The first-order chi connectivity index (χ1) is 7.97. The number of aliphatic carboxylic acids is 1. The van der Waals surface area contributed by atoms with E-state index in [2.05, 4.69) is 19.1 Å². The maximum Gasteiger partial charge on any atom is 0.300 e. The van der Waals surface area contributed by atoms with Crippen LogP contribution in [0.15, 0.2) is 30.3 Å². The Kier molecular flexibility index (Phi) is 7.43.